The van der Waals surface area contributed by atoms with E-state index >= 15 is 0 Å². The Morgan fingerprint density at radius 3 is 2.65 bits per heavy atom. The zero-order chi connectivity index (χ0) is 14.1. The van der Waals surface area contributed by atoms with Crippen LogP contribution in [0.3, 0.4) is 0 Å². The third-order valence-electron chi connectivity index (χ3n) is 4.34. The molecule has 1 atom stereocenters. The van der Waals surface area contributed by atoms with Crippen LogP contribution in [0, 0.1) is 6.92 Å². The van der Waals surface area contributed by atoms with Crippen LogP contribution in [0.2, 0.25) is 0 Å². The van der Waals surface area contributed by atoms with E-state index in [1.165, 1.54) is 24.0 Å². The molecule has 1 saturated heterocycles. The second-order valence-electron chi connectivity index (χ2n) is 5.99. The monoisotopic (exact) mass is 273 g/mol. The number of benzene rings is 1. The second-order valence-corrected chi connectivity index (χ2v) is 5.99. The van der Waals surface area contributed by atoms with Gasteiger partial charge < -0.3 is 9.80 Å². The maximum absolute atomic E-state index is 12.1. The highest BCUT2D eigenvalue weighted by Crippen LogP contribution is 2.26. The van der Waals surface area contributed by atoms with Crippen LogP contribution in [0.5, 0.6) is 0 Å². The average Bonchev–Trinajstić information content (AvgIpc) is 3.22. The molecule has 1 N–H and O–H groups in total. The van der Waals surface area contributed by atoms with E-state index in [2.05, 4.69) is 48.5 Å². The summed E-state index contributed by atoms with van der Waals surface area (Å²) in [6.45, 7) is 4.29. The van der Waals surface area contributed by atoms with Crippen molar-refractivity contribution in [3.8, 4) is 0 Å². The van der Waals surface area contributed by atoms with Crippen molar-refractivity contribution in [3.63, 3.8) is 0 Å². The quantitative estimate of drug-likeness (QED) is 0.883. The Morgan fingerprint density at radius 2 is 2.00 bits per heavy atom. The van der Waals surface area contributed by atoms with Gasteiger partial charge in [-0.15, -0.1) is 0 Å². The molecule has 1 heterocycles. The fraction of sp³-hybridized carbons (Fsp3) is 0.562. The maximum Gasteiger partial charge on any atom is 0.238 e. The minimum atomic E-state index is 0.0377. The molecule has 0 spiro atoms. The van der Waals surface area contributed by atoms with Crippen molar-refractivity contribution < 1.29 is 4.79 Å². The lowest BCUT2D eigenvalue weighted by atomic mass is 10.1. The molecule has 1 aromatic carbocycles. The van der Waals surface area contributed by atoms with Crippen molar-refractivity contribution in [1.29, 1.82) is 0 Å². The Morgan fingerprint density at radius 1 is 1.30 bits per heavy atom. The second kappa shape index (κ2) is 5.54. The number of hydrogen-bond acceptors (Lipinski definition) is 3. The normalized spacial score (nSPS) is 22.9. The fourth-order valence-electron chi connectivity index (χ4n) is 2.80. The first kappa shape index (κ1) is 13.6. The Hall–Kier alpha value is -1.39. The first-order valence-corrected chi connectivity index (χ1v) is 7.45. The number of carbonyl (C=O) groups excluding carboxylic acids is 1. The minimum Gasteiger partial charge on any atom is -0.321 e. The SMILES string of the molecule is Cc1ccc(C2NCC(=O)N2CCN(C)C2CC2)cc1. The summed E-state index contributed by atoms with van der Waals surface area (Å²) in [4.78, 5) is 16.4. The molecule has 0 bridgehead atoms. The van der Waals surface area contributed by atoms with Gasteiger partial charge in [0.15, 0.2) is 0 Å². The molecule has 1 saturated carbocycles. The largest absolute Gasteiger partial charge is 0.321 e. The summed E-state index contributed by atoms with van der Waals surface area (Å²) in [6.07, 6.45) is 2.66. The van der Waals surface area contributed by atoms with E-state index in [1.807, 2.05) is 4.90 Å². The lowest BCUT2D eigenvalue weighted by Gasteiger charge is -2.27. The first-order valence-electron chi connectivity index (χ1n) is 7.45. The lowest BCUT2D eigenvalue weighted by molar-refractivity contribution is -0.128. The summed E-state index contributed by atoms with van der Waals surface area (Å²) in [5.41, 5.74) is 2.42. The molecule has 20 heavy (non-hydrogen) atoms. The van der Waals surface area contributed by atoms with Gasteiger partial charge in [-0.05, 0) is 32.4 Å². The van der Waals surface area contributed by atoms with E-state index in [9.17, 15) is 4.79 Å². The summed E-state index contributed by atoms with van der Waals surface area (Å²) in [5.74, 6) is 0.208. The highest BCUT2D eigenvalue weighted by atomic mass is 16.2. The van der Waals surface area contributed by atoms with Gasteiger partial charge in [0.05, 0.1) is 6.54 Å². The predicted molar refractivity (Wildman–Crippen MR) is 79.3 cm³/mol. The van der Waals surface area contributed by atoms with Crippen LogP contribution in [0.4, 0.5) is 0 Å². The lowest BCUT2D eigenvalue weighted by Crippen LogP contribution is -2.37. The third kappa shape index (κ3) is 2.86. The minimum absolute atomic E-state index is 0.0377. The van der Waals surface area contributed by atoms with Crippen LogP contribution >= 0.6 is 0 Å². The predicted octanol–water partition coefficient (Wildman–Crippen LogP) is 1.52. The molecule has 1 aliphatic heterocycles. The maximum atomic E-state index is 12.1. The number of carbonyl (C=O) groups is 1. The van der Waals surface area contributed by atoms with Crippen molar-refractivity contribution in [2.24, 2.45) is 0 Å². The highest BCUT2D eigenvalue weighted by molar-refractivity contribution is 5.80. The zero-order valence-corrected chi connectivity index (χ0v) is 12.3. The molecular formula is C16H23N3O. The van der Waals surface area contributed by atoms with Gasteiger partial charge in [0.1, 0.15) is 6.17 Å². The smallest absolute Gasteiger partial charge is 0.238 e. The van der Waals surface area contributed by atoms with Gasteiger partial charge in [0.2, 0.25) is 5.91 Å². The summed E-state index contributed by atoms with van der Waals surface area (Å²) in [6, 6.07) is 9.19. The fourth-order valence-corrected chi connectivity index (χ4v) is 2.80. The summed E-state index contributed by atoms with van der Waals surface area (Å²) < 4.78 is 0. The number of nitrogens with one attached hydrogen (secondary N) is 1. The van der Waals surface area contributed by atoms with E-state index < -0.39 is 0 Å². The number of hydrogen-bond donors (Lipinski definition) is 1. The number of rotatable bonds is 5. The van der Waals surface area contributed by atoms with Gasteiger partial charge in [-0.2, -0.15) is 0 Å². The van der Waals surface area contributed by atoms with E-state index in [-0.39, 0.29) is 12.1 Å². The molecular weight excluding hydrogens is 250 g/mol. The number of nitrogens with zero attached hydrogens (tertiary/aromatic N) is 2. The van der Waals surface area contributed by atoms with Crippen molar-refractivity contribution in [3.05, 3.63) is 35.4 Å². The van der Waals surface area contributed by atoms with E-state index in [0.717, 1.165) is 19.1 Å². The van der Waals surface area contributed by atoms with Crippen molar-refractivity contribution in [1.82, 2.24) is 15.1 Å². The van der Waals surface area contributed by atoms with Crippen molar-refractivity contribution >= 4 is 5.91 Å². The Kier molecular flexibility index (Phi) is 3.76. The Bertz CT molecular complexity index is 481. The number of aryl methyl sites for hydroxylation is 1. The molecule has 1 amide bonds. The molecule has 0 radical (unpaired) electrons. The Labute approximate surface area is 120 Å². The molecule has 108 valence electrons. The van der Waals surface area contributed by atoms with Crippen LogP contribution in [0.25, 0.3) is 0 Å². The van der Waals surface area contributed by atoms with Crippen molar-refractivity contribution in [2.45, 2.75) is 32.0 Å². The van der Waals surface area contributed by atoms with Crippen LogP contribution in [0.15, 0.2) is 24.3 Å². The van der Waals surface area contributed by atoms with Gasteiger partial charge in [-0.1, -0.05) is 29.8 Å². The third-order valence-corrected chi connectivity index (χ3v) is 4.34. The summed E-state index contributed by atoms with van der Waals surface area (Å²) >= 11 is 0. The molecule has 3 rings (SSSR count). The first-order chi connectivity index (χ1) is 9.65. The van der Waals surface area contributed by atoms with Crippen LogP contribution in [-0.4, -0.2) is 48.4 Å². The molecule has 4 nitrogen and oxygen atoms in total. The molecule has 1 unspecified atom stereocenters. The standard InChI is InChI=1S/C16H23N3O/c1-12-3-5-13(6-4-12)16-17-11-15(20)19(16)10-9-18(2)14-7-8-14/h3-6,14,16-17H,7-11H2,1-2H3. The molecule has 4 heteroatoms. The molecule has 1 aliphatic carbocycles. The topological polar surface area (TPSA) is 35.6 Å². The molecule has 2 fully saturated rings. The molecule has 1 aromatic rings. The van der Waals surface area contributed by atoms with Gasteiger partial charge in [0, 0.05) is 19.1 Å². The van der Waals surface area contributed by atoms with Crippen LogP contribution < -0.4 is 5.32 Å². The van der Waals surface area contributed by atoms with E-state index in [4.69, 9.17) is 0 Å². The van der Waals surface area contributed by atoms with Crippen LogP contribution in [-0.2, 0) is 4.79 Å². The van der Waals surface area contributed by atoms with Gasteiger partial charge in [-0.3, -0.25) is 10.1 Å². The molecule has 2 aliphatic rings. The van der Waals surface area contributed by atoms with Crippen molar-refractivity contribution in [2.75, 3.05) is 26.7 Å². The summed E-state index contributed by atoms with van der Waals surface area (Å²) in [5, 5.41) is 3.32. The average molecular weight is 273 g/mol. The van der Waals surface area contributed by atoms with Crippen LogP contribution in [0.1, 0.15) is 30.1 Å². The van der Waals surface area contributed by atoms with Gasteiger partial charge in [0.25, 0.3) is 0 Å². The number of likely N-dealkylation sites (N-methyl/N-ethyl adjacent to an activating group) is 1. The van der Waals surface area contributed by atoms with Gasteiger partial charge in [-0.25, -0.2) is 0 Å². The van der Waals surface area contributed by atoms with E-state index in [1.54, 1.807) is 0 Å². The molecule has 0 aromatic heterocycles. The summed E-state index contributed by atoms with van der Waals surface area (Å²) in [7, 11) is 2.16. The number of amides is 1. The van der Waals surface area contributed by atoms with Gasteiger partial charge >= 0.3 is 0 Å². The Balaban J connectivity index is 1.66. The highest BCUT2D eigenvalue weighted by Gasteiger charge is 2.32. The zero-order valence-electron chi connectivity index (χ0n) is 12.3. The van der Waals surface area contributed by atoms with E-state index in [0.29, 0.717) is 6.54 Å².